The zero-order valence-corrected chi connectivity index (χ0v) is 13.7. The number of ether oxygens (including phenoxy) is 2. The Hall–Kier alpha value is -3.34. The van der Waals surface area contributed by atoms with Gasteiger partial charge in [-0.3, -0.25) is 4.79 Å². The minimum atomic E-state index is -0.499. The van der Waals surface area contributed by atoms with Crippen molar-refractivity contribution in [2.24, 2.45) is 0 Å². The van der Waals surface area contributed by atoms with Gasteiger partial charge in [0.2, 0.25) is 5.91 Å². The van der Waals surface area contributed by atoms with Crippen molar-refractivity contribution in [2.45, 2.75) is 6.92 Å². The van der Waals surface area contributed by atoms with Gasteiger partial charge in [-0.15, -0.1) is 0 Å². The van der Waals surface area contributed by atoms with Gasteiger partial charge in [-0.2, -0.15) is 0 Å². The summed E-state index contributed by atoms with van der Waals surface area (Å²) in [5, 5.41) is 4.52. The van der Waals surface area contributed by atoms with Crippen molar-refractivity contribution >= 4 is 28.3 Å². The Kier molecular flexibility index (Phi) is 4.95. The van der Waals surface area contributed by atoms with Gasteiger partial charge >= 0.3 is 5.97 Å². The van der Waals surface area contributed by atoms with Crippen LogP contribution < -0.4 is 14.8 Å². The highest BCUT2D eigenvalue weighted by Gasteiger charge is 2.09. The maximum atomic E-state index is 12.1. The molecule has 0 aliphatic rings. The van der Waals surface area contributed by atoms with Crippen LogP contribution in [0.15, 0.2) is 66.7 Å². The summed E-state index contributed by atoms with van der Waals surface area (Å²) in [5.41, 5.74) is 0.604. The lowest BCUT2D eigenvalue weighted by Crippen LogP contribution is -2.18. The van der Waals surface area contributed by atoms with Crippen molar-refractivity contribution in [3.63, 3.8) is 0 Å². The van der Waals surface area contributed by atoms with Crippen LogP contribution in [0.3, 0.4) is 0 Å². The number of rotatable bonds is 5. The van der Waals surface area contributed by atoms with Crippen molar-refractivity contribution in [1.82, 2.24) is 0 Å². The standard InChI is InChI=1S/C20H17NO4/c1-14(22)21-16-8-5-9-17(12-16)24-13-20(23)25-19-11-4-7-15-6-2-3-10-18(15)19/h2-12H,13H2,1H3,(H,21,22). The van der Waals surface area contributed by atoms with Crippen LogP contribution in [-0.4, -0.2) is 18.5 Å². The molecule has 5 nitrogen and oxygen atoms in total. The van der Waals surface area contributed by atoms with Crippen LogP contribution in [0.2, 0.25) is 0 Å². The van der Waals surface area contributed by atoms with Gasteiger partial charge < -0.3 is 14.8 Å². The van der Waals surface area contributed by atoms with Crippen LogP contribution in [0.25, 0.3) is 10.8 Å². The Morgan fingerprint density at radius 3 is 2.56 bits per heavy atom. The Morgan fingerprint density at radius 2 is 1.72 bits per heavy atom. The first-order valence-electron chi connectivity index (χ1n) is 7.81. The summed E-state index contributed by atoms with van der Waals surface area (Å²) in [6, 6.07) is 20.0. The molecule has 0 saturated carbocycles. The molecule has 0 saturated heterocycles. The van der Waals surface area contributed by atoms with E-state index in [9.17, 15) is 9.59 Å². The van der Waals surface area contributed by atoms with Crippen LogP contribution in [0.1, 0.15) is 6.92 Å². The van der Waals surface area contributed by atoms with Gasteiger partial charge in [-0.1, -0.05) is 42.5 Å². The van der Waals surface area contributed by atoms with Gasteiger partial charge in [-0.05, 0) is 23.6 Å². The van der Waals surface area contributed by atoms with E-state index in [2.05, 4.69) is 5.32 Å². The first-order valence-corrected chi connectivity index (χ1v) is 7.81. The van der Waals surface area contributed by atoms with E-state index in [1.165, 1.54) is 6.92 Å². The SMILES string of the molecule is CC(=O)Nc1cccc(OCC(=O)Oc2cccc3ccccc23)c1. The average molecular weight is 335 g/mol. The van der Waals surface area contributed by atoms with Crippen LogP contribution in [0, 0.1) is 0 Å². The molecule has 0 aliphatic carbocycles. The molecule has 0 spiro atoms. The quantitative estimate of drug-likeness (QED) is 0.569. The number of benzene rings is 3. The number of esters is 1. The second kappa shape index (κ2) is 7.49. The summed E-state index contributed by atoms with van der Waals surface area (Å²) in [7, 11) is 0. The minimum absolute atomic E-state index is 0.174. The lowest BCUT2D eigenvalue weighted by molar-refractivity contribution is -0.136. The number of hydrogen-bond acceptors (Lipinski definition) is 4. The van der Waals surface area contributed by atoms with E-state index in [1.807, 2.05) is 36.4 Å². The predicted octanol–water partition coefficient (Wildman–Crippen LogP) is 3.78. The van der Waals surface area contributed by atoms with E-state index in [-0.39, 0.29) is 12.5 Å². The lowest BCUT2D eigenvalue weighted by Gasteiger charge is -2.10. The van der Waals surface area contributed by atoms with Crippen LogP contribution in [-0.2, 0) is 9.59 Å². The van der Waals surface area contributed by atoms with Crippen LogP contribution in [0.4, 0.5) is 5.69 Å². The molecule has 0 radical (unpaired) electrons. The predicted molar refractivity (Wildman–Crippen MR) is 95.8 cm³/mol. The van der Waals surface area contributed by atoms with E-state index in [1.54, 1.807) is 30.3 Å². The highest BCUT2D eigenvalue weighted by molar-refractivity contribution is 5.90. The summed E-state index contributed by atoms with van der Waals surface area (Å²) in [4.78, 5) is 23.2. The fourth-order valence-corrected chi connectivity index (χ4v) is 2.45. The topological polar surface area (TPSA) is 64.6 Å². The van der Waals surface area contributed by atoms with Crippen molar-refractivity contribution in [2.75, 3.05) is 11.9 Å². The van der Waals surface area contributed by atoms with Crippen LogP contribution >= 0.6 is 0 Å². The highest BCUT2D eigenvalue weighted by Crippen LogP contribution is 2.25. The zero-order chi connectivity index (χ0) is 17.6. The molecule has 0 heterocycles. The third-order valence-electron chi connectivity index (χ3n) is 3.48. The molecular formula is C20H17NO4. The fourth-order valence-electron chi connectivity index (χ4n) is 2.45. The smallest absolute Gasteiger partial charge is 0.349 e. The molecule has 0 atom stereocenters. The molecular weight excluding hydrogens is 318 g/mol. The van der Waals surface area contributed by atoms with Gasteiger partial charge in [0, 0.05) is 24.1 Å². The molecule has 0 aliphatic heterocycles. The lowest BCUT2D eigenvalue weighted by atomic mass is 10.1. The first-order chi connectivity index (χ1) is 12.1. The van der Waals surface area contributed by atoms with Crippen molar-refractivity contribution < 1.29 is 19.1 Å². The number of nitrogens with one attached hydrogen (secondary N) is 1. The molecule has 0 bridgehead atoms. The Balaban J connectivity index is 1.64. The number of anilines is 1. The summed E-state index contributed by atoms with van der Waals surface area (Å²) in [6.07, 6.45) is 0. The van der Waals surface area contributed by atoms with E-state index >= 15 is 0 Å². The normalized spacial score (nSPS) is 10.3. The molecule has 126 valence electrons. The Bertz CT molecular complexity index is 915. The zero-order valence-electron chi connectivity index (χ0n) is 13.7. The van der Waals surface area contributed by atoms with Gasteiger partial charge in [0.05, 0.1) is 0 Å². The van der Waals surface area contributed by atoms with E-state index in [0.29, 0.717) is 17.2 Å². The molecule has 0 aromatic heterocycles. The van der Waals surface area contributed by atoms with Crippen molar-refractivity contribution in [3.05, 3.63) is 66.7 Å². The number of fused-ring (bicyclic) bond motifs is 1. The molecule has 0 unspecified atom stereocenters. The van der Waals surface area contributed by atoms with E-state index in [4.69, 9.17) is 9.47 Å². The second-order valence-corrected chi connectivity index (χ2v) is 5.45. The van der Waals surface area contributed by atoms with Crippen molar-refractivity contribution in [3.8, 4) is 11.5 Å². The third kappa shape index (κ3) is 4.35. The molecule has 3 rings (SSSR count). The molecule has 1 amide bonds. The molecule has 3 aromatic rings. The average Bonchev–Trinajstić information content (AvgIpc) is 2.60. The maximum absolute atomic E-state index is 12.1. The second-order valence-electron chi connectivity index (χ2n) is 5.45. The van der Waals surface area contributed by atoms with Gasteiger partial charge in [0.1, 0.15) is 11.5 Å². The Morgan fingerprint density at radius 1 is 0.960 bits per heavy atom. The third-order valence-corrected chi connectivity index (χ3v) is 3.48. The molecule has 3 aromatic carbocycles. The Labute approximate surface area is 145 Å². The maximum Gasteiger partial charge on any atom is 0.349 e. The number of carbonyl (C=O) groups is 2. The molecule has 5 heteroatoms. The monoisotopic (exact) mass is 335 g/mol. The number of carbonyl (C=O) groups excluding carboxylic acids is 2. The first kappa shape index (κ1) is 16.5. The van der Waals surface area contributed by atoms with Gasteiger partial charge in [0.15, 0.2) is 6.61 Å². The van der Waals surface area contributed by atoms with E-state index in [0.717, 1.165) is 10.8 Å². The summed E-state index contributed by atoms with van der Waals surface area (Å²) in [6.45, 7) is 1.20. The summed E-state index contributed by atoms with van der Waals surface area (Å²) >= 11 is 0. The van der Waals surface area contributed by atoms with E-state index < -0.39 is 5.97 Å². The number of amides is 1. The highest BCUT2D eigenvalue weighted by atomic mass is 16.6. The minimum Gasteiger partial charge on any atom is -0.482 e. The van der Waals surface area contributed by atoms with Gasteiger partial charge in [-0.25, -0.2) is 4.79 Å². The fraction of sp³-hybridized carbons (Fsp3) is 0.100. The molecule has 0 fully saturated rings. The largest absolute Gasteiger partial charge is 0.482 e. The van der Waals surface area contributed by atoms with Crippen molar-refractivity contribution in [1.29, 1.82) is 0 Å². The summed E-state index contributed by atoms with van der Waals surface area (Å²) in [5.74, 6) is 0.300. The summed E-state index contributed by atoms with van der Waals surface area (Å²) < 4.78 is 10.9. The number of hydrogen-bond donors (Lipinski definition) is 1. The molecule has 25 heavy (non-hydrogen) atoms. The van der Waals surface area contributed by atoms with Gasteiger partial charge in [0.25, 0.3) is 0 Å². The van der Waals surface area contributed by atoms with Crippen LogP contribution in [0.5, 0.6) is 11.5 Å². The molecule has 1 N–H and O–H groups in total.